The highest BCUT2D eigenvalue weighted by Gasteiger charge is 2.23. The molecule has 0 fully saturated rings. The van der Waals surface area contributed by atoms with Crippen molar-refractivity contribution in [3.05, 3.63) is 83.4 Å². The van der Waals surface area contributed by atoms with Gasteiger partial charge in [-0.25, -0.2) is 8.78 Å². The van der Waals surface area contributed by atoms with E-state index in [1.807, 2.05) is 0 Å². The number of hydrogen-bond acceptors (Lipinski definition) is 4. The molecule has 10 heteroatoms. The number of halogens is 2. The number of rotatable bonds is 8. The molecule has 3 aromatic carbocycles. The van der Waals surface area contributed by atoms with Crippen molar-refractivity contribution in [1.82, 2.24) is 4.90 Å². The number of carbonyl (C=O) groups is 1. The first-order valence-electron chi connectivity index (χ1n) is 10.9. The van der Waals surface area contributed by atoms with Crippen molar-refractivity contribution in [3.8, 4) is 11.1 Å². The predicted molar refractivity (Wildman–Crippen MR) is 135 cm³/mol. The fourth-order valence-corrected chi connectivity index (χ4v) is 4.55. The maximum Gasteiger partial charge on any atom is 0.284 e. The molecule has 0 saturated carbocycles. The highest BCUT2D eigenvalue weighted by atomic mass is 32.2. The summed E-state index contributed by atoms with van der Waals surface area (Å²) >= 11 is 0. The van der Waals surface area contributed by atoms with Gasteiger partial charge in [-0.1, -0.05) is 24.3 Å². The van der Waals surface area contributed by atoms with Gasteiger partial charge in [0.2, 0.25) is 5.91 Å². The highest BCUT2D eigenvalue weighted by Crippen LogP contribution is 2.34. The molecule has 0 heterocycles. The highest BCUT2D eigenvalue weighted by molar-refractivity contribution is 7.90. The summed E-state index contributed by atoms with van der Waals surface area (Å²) in [4.78, 5) is 13.7. The molecule has 0 saturated heterocycles. The van der Waals surface area contributed by atoms with E-state index in [0.717, 1.165) is 12.4 Å². The zero-order chi connectivity index (χ0) is 26.7. The second kappa shape index (κ2) is 10.5. The van der Waals surface area contributed by atoms with Crippen LogP contribution in [0.3, 0.4) is 0 Å². The lowest BCUT2D eigenvalue weighted by molar-refractivity contribution is -0.115. The van der Waals surface area contributed by atoms with E-state index in [0.29, 0.717) is 0 Å². The summed E-state index contributed by atoms with van der Waals surface area (Å²) in [5.74, 6) is -1.74. The SMILES string of the molecule is CN(C)C=NS(=O)(=O)c1cc(NC(=O)Cc2ccccc2F)ccc1-c1cc(F)cc(C(C)(C)O)c1. The molecule has 3 rings (SSSR count). The maximum atomic E-state index is 14.4. The van der Waals surface area contributed by atoms with Crippen LogP contribution in [0.15, 0.2) is 70.0 Å². The maximum absolute atomic E-state index is 14.4. The van der Waals surface area contributed by atoms with Gasteiger partial charge in [0.1, 0.15) is 18.0 Å². The van der Waals surface area contributed by atoms with Crippen molar-refractivity contribution in [3.63, 3.8) is 0 Å². The van der Waals surface area contributed by atoms with Gasteiger partial charge in [-0.15, -0.1) is 4.40 Å². The number of hydrogen-bond donors (Lipinski definition) is 2. The second-order valence-corrected chi connectivity index (χ2v) is 10.6. The fraction of sp³-hybridized carbons (Fsp3) is 0.231. The van der Waals surface area contributed by atoms with Crippen LogP contribution in [0.4, 0.5) is 14.5 Å². The van der Waals surface area contributed by atoms with Crippen LogP contribution in [0.2, 0.25) is 0 Å². The molecule has 1 amide bonds. The van der Waals surface area contributed by atoms with Crippen LogP contribution in [0.5, 0.6) is 0 Å². The van der Waals surface area contributed by atoms with E-state index in [1.165, 1.54) is 67.3 Å². The molecule has 36 heavy (non-hydrogen) atoms. The molecule has 190 valence electrons. The first kappa shape index (κ1) is 27.0. The lowest BCUT2D eigenvalue weighted by atomic mass is 9.94. The minimum absolute atomic E-state index is 0.128. The normalized spacial score (nSPS) is 12.1. The number of aliphatic hydroxyl groups is 1. The largest absolute Gasteiger partial charge is 0.386 e. The van der Waals surface area contributed by atoms with Crippen molar-refractivity contribution in [1.29, 1.82) is 0 Å². The molecule has 3 aromatic rings. The topological polar surface area (TPSA) is 99.1 Å². The zero-order valence-corrected chi connectivity index (χ0v) is 21.1. The number of carbonyl (C=O) groups excluding carboxylic acids is 1. The van der Waals surface area contributed by atoms with Crippen molar-refractivity contribution in [2.24, 2.45) is 4.40 Å². The minimum Gasteiger partial charge on any atom is -0.386 e. The summed E-state index contributed by atoms with van der Waals surface area (Å²) in [6.45, 7) is 2.97. The smallest absolute Gasteiger partial charge is 0.284 e. The first-order valence-corrected chi connectivity index (χ1v) is 12.4. The predicted octanol–water partition coefficient (Wildman–Crippen LogP) is 4.32. The Morgan fingerprint density at radius 3 is 2.42 bits per heavy atom. The Balaban J connectivity index is 2.08. The fourth-order valence-electron chi connectivity index (χ4n) is 3.38. The second-order valence-electron chi connectivity index (χ2n) is 8.97. The summed E-state index contributed by atoms with van der Waals surface area (Å²) < 4.78 is 58.3. The van der Waals surface area contributed by atoms with E-state index < -0.39 is 33.2 Å². The minimum atomic E-state index is -4.29. The average molecular weight is 516 g/mol. The van der Waals surface area contributed by atoms with Crippen molar-refractivity contribution in [2.75, 3.05) is 19.4 Å². The first-order chi connectivity index (χ1) is 16.8. The van der Waals surface area contributed by atoms with Gasteiger partial charge in [-0.3, -0.25) is 4.79 Å². The molecule has 0 atom stereocenters. The van der Waals surface area contributed by atoms with Crippen LogP contribution in [0, 0.1) is 11.6 Å². The third-order valence-corrected chi connectivity index (χ3v) is 6.45. The van der Waals surface area contributed by atoms with E-state index in [4.69, 9.17) is 0 Å². The van der Waals surface area contributed by atoms with Gasteiger partial charge in [0.25, 0.3) is 10.0 Å². The van der Waals surface area contributed by atoms with Crippen molar-refractivity contribution < 1.29 is 27.1 Å². The van der Waals surface area contributed by atoms with E-state index in [2.05, 4.69) is 9.71 Å². The number of nitrogens with zero attached hydrogens (tertiary/aromatic N) is 2. The summed E-state index contributed by atoms with van der Waals surface area (Å²) in [6, 6.07) is 13.7. The Kier molecular flexibility index (Phi) is 7.90. The van der Waals surface area contributed by atoms with Crippen LogP contribution < -0.4 is 5.32 Å². The van der Waals surface area contributed by atoms with E-state index in [-0.39, 0.29) is 39.3 Å². The molecule has 0 aromatic heterocycles. The number of anilines is 1. The molecule has 0 spiro atoms. The molecule has 7 nitrogen and oxygen atoms in total. The van der Waals surface area contributed by atoms with Gasteiger partial charge in [0.05, 0.1) is 16.9 Å². The molecule has 0 bridgehead atoms. The van der Waals surface area contributed by atoms with Gasteiger partial charge in [-0.2, -0.15) is 8.42 Å². The van der Waals surface area contributed by atoms with Gasteiger partial charge in [0.15, 0.2) is 0 Å². The van der Waals surface area contributed by atoms with E-state index in [1.54, 1.807) is 20.2 Å². The Morgan fingerprint density at radius 1 is 1.08 bits per heavy atom. The number of amides is 1. The molecule has 0 radical (unpaired) electrons. The molecular weight excluding hydrogens is 488 g/mol. The van der Waals surface area contributed by atoms with Crippen LogP contribution in [0.1, 0.15) is 25.0 Å². The molecule has 2 N–H and O–H groups in total. The van der Waals surface area contributed by atoms with Gasteiger partial charge >= 0.3 is 0 Å². The Labute approximate surface area is 209 Å². The van der Waals surface area contributed by atoms with Crippen LogP contribution in [-0.4, -0.2) is 44.8 Å². The lowest BCUT2D eigenvalue weighted by Crippen LogP contribution is -2.16. The summed E-state index contributed by atoms with van der Waals surface area (Å²) in [6.07, 6.45) is 0.852. The van der Waals surface area contributed by atoms with Crippen molar-refractivity contribution in [2.45, 2.75) is 30.8 Å². The molecule has 0 unspecified atom stereocenters. The van der Waals surface area contributed by atoms with E-state index >= 15 is 0 Å². The lowest BCUT2D eigenvalue weighted by Gasteiger charge is -2.20. The van der Waals surface area contributed by atoms with Crippen LogP contribution >= 0.6 is 0 Å². The molecule has 0 aliphatic carbocycles. The number of sulfonamides is 1. The summed E-state index contributed by atoms with van der Waals surface area (Å²) in [5.41, 5.74) is -0.468. The monoisotopic (exact) mass is 515 g/mol. The number of benzene rings is 3. The van der Waals surface area contributed by atoms with Crippen LogP contribution in [0.25, 0.3) is 11.1 Å². The van der Waals surface area contributed by atoms with Gasteiger partial charge < -0.3 is 15.3 Å². The number of nitrogens with one attached hydrogen (secondary N) is 1. The summed E-state index contributed by atoms with van der Waals surface area (Å²) in [5, 5.41) is 12.9. The van der Waals surface area contributed by atoms with Gasteiger partial charge in [0, 0.05) is 25.3 Å². The third kappa shape index (κ3) is 6.73. The summed E-state index contributed by atoms with van der Waals surface area (Å²) in [7, 11) is -1.09. The quantitative estimate of drug-likeness (QED) is 0.344. The molecule has 0 aliphatic heterocycles. The van der Waals surface area contributed by atoms with E-state index in [9.17, 15) is 27.1 Å². The third-order valence-electron chi connectivity index (χ3n) is 5.18. The zero-order valence-electron chi connectivity index (χ0n) is 20.3. The van der Waals surface area contributed by atoms with Crippen molar-refractivity contribution >= 4 is 28.0 Å². The Morgan fingerprint density at radius 2 is 1.78 bits per heavy atom. The molecular formula is C26H27F2N3O4S. The Hall–Kier alpha value is -3.63. The van der Waals surface area contributed by atoms with Gasteiger partial charge in [-0.05, 0) is 66.9 Å². The standard InChI is InChI=1S/C26H27F2N3O4S/c1-26(2,33)19-11-18(12-20(27)14-19)22-10-9-21(15-24(22)36(34,35)29-16-31(3)4)30-25(32)13-17-7-5-6-8-23(17)28/h5-12,14-16,33H,13H2,1-4H3,(H,30,32). The van der Waals surface area contributed by atoms with Crippen LogP contribution in [-0.2, 0) is 26.8 Å². The Bertz CT molecular complexity index is 1410. The molecule has 0 aliphatic rings. The average Bonchev–Trinajstić information content (AvgIpc) is 2.78.